The summed E-state index contributed by atoms with van der Waals surface area (Å²) in [6.07, 6.45) is 0.952. The van der Waals surface area contributed by atoms with Gasteiger partial charge in [-0.3, -0.25) is 4.79 Å². The second-order valence-electron chi connectivity index (χ2n) is 5.43. The lowest BCUT2D eigenvalue weighted by Crippen LogP contribution is -2.42. The van der Waals surface area contributed by atoms with E-state index in [0.717, 1.165) is 6.42 Å². The molecule has 3 atom stereocenters. The Balaban J connectivity index is 1.74. The van der Waals surface area contributed by atoms with Gasteiger partial charge in [0.05, 0.1) is 19.1 Å². The van der Waals surface area contributed by atoms with Crippen molar-refractivity contribution in [3.05, 3.63) is 35.9 Å². The number of amides is 1. The van der Waals surface area contributed by atoms with Crippen molar-refractivity contribution in [2.75, 3.05) is 26.8 Å². The van der Waals surface area contributed by atoms with Gasteiger partial charge in [-0.1, -0.05) is 37.3 Å². The molecular weight excluding hydrogens is 252 g/mol. The Kier molecular flexibility index (Phi) is 5.56. The molecule has 1 aliphatic rings. The highest BCUT2D eigenvalue weighted by atomic mass is 16.5. The summed E-state index contributed by atoms with van der Waals surface area (Å²) in [6.45, 7) is 4.04. The second-order valence-corrected chi connectivity index (χ2v) is 5.43. The van der Waals surface area contributed by atoms with Crippen LogP contribution in [-0.2, 0) is 9.53 Å². The van der Waals surface area contributed by atoms with Gasteiger partial charge in [0.2, 0.25) is 5.91 Å². The predicted molar refractivity (Wildman–Crippen MR) is 79.6 cm³/mol. The van der Waals surface area contributed by atoms with Crippen LogP contribution < -0.4 is 10.6 Å². The minimum absolute atomic E-state index is 0.0629. The van der Waals surface area contributed by atoms with E-state index >= 15 is 0 Å². The molecule has 0 aliphatic carbocycles. The van der Waals surface area contributed by atoms with Crippen molar-refractivity contribution >= 4 is 5.91 Å². The number of carbonyl (C=O) groups is 1. The van der Waals surface area contributed by atoms with E-state index in [4.69, 9.17) is 4.74 Å². The van der Waals surface area contributed by atoms with Crippen molar-refractivity contribution < 1.29 is 9.53 Å². The fourth-order valence-corrected chi connectivity index (χ4v) is 2.59. The number of carbonyl (C=O) groups excluding carboxylic acids is 1. The molecule has 20 heavy (non-hydrogen) atoms. The van der Waals surface area contributed by atoms with E-state index in [1.165, 1.54) is 5.56 Å². The quantitative estimate of drug-likeness (QED) is 0.828. The molecule has 0 radical (unpaired) electrons. The minimum atomic E-state index is -0.0629. The van der Waals surface area contributed by atoms with Gasteiger partial charge in [-0.15, -0.1) is 0 Å². The summed E-state index contributed by atoms with van der Waals surface area (Å²) >= 11 is 0. The summed E-state index contributed by atoms with van der Waals surface area (Å²) in [6, 6.07) is 10.5. The van der Waals surface area contributed by atoms with E-state index in [2.05, 4.69) is 41.8 Å². The second kappa shape index (κ2) is 7.41. The van der Waals surface area contributed by atoms with E-state index in [0.29, 0.717) is 25.7 Å². The Morgan fingerprint density at radius 1 is 1.35 bits per heavy atom. The molecule has 0 bridgehead atoms. The Morgan fingerprint density at radius 3 is 2.80 bits per heavy atom. The highest BCUT2D eigenvalue weighted by Gasteiger charge is 2.32. The first-order chi connectivity index (χ1) is 9.72. The molecule has 4 heteroatoms. The third-order valence-corrected chi connectivity index (χ3v) is 4.03. The zero-order valence-electron chi connectivity index (χ0n) is 12.3. The molecule has 1 heterocycles. The Labute approximate surface area is 120 Å². The lowest BCUT2D eigenvalue weighted by Gasteiger charge is -2.17. The van der Waals surface area contributed by atoms with Crippen LogP contribution in [0.5, 0.6) is 0 Å². The molecule has 4 nitrogen and oxygen atoms in total. The molecule has 110 valence electrons. The van der Waals surface area contributed by atoms with Crippen LogP contribution in [0, 0.1) is 5.92 Å². The number of hydrogen-bond acceptors (Lipinski definition) is 3. The van der Waals surface area contributed by atoms with E-state index in [1.807, 2.05) is 13.1 Å². The maximum Gasteiger partial charge on any atom is 0.227 e. The Hall–Kier alpha value is -1.39. The monoisotopic (exact) mass is 276 g/mol. The van der Waals surface area contributed by atoms with Gasteiger partial charge in [-0.25, -0.2) is 0 Å². The fourth-order valence-electron chi connectivity index (χ4n) is 2.59. The lowest BCUT2D eigenvalue weighted by atomic mass is 9.97. The number of hydrogen-bond donors (Lipinski definition) is 2. The van der Waals surface area contributed by atoms with E-state index in [1.54, 1.807) is 0 Å². The van der Waals surface area contributed by atoms with Gasteiger partial charge >= 0.3 is 0 Å². The first kappa shape index (κ1) is 15.0. The van der Waals surface area contributed by atoms with Crippen LogP contribution in [0.15, 0.2) is 30.3 Å². The topological polar surface area (TPSA) is 50.4 Å². The van der Waals surface area contributed by atoms with Crippen molar-refractivity contribution in [2.45, 2.75) is 25.3 Å². The fraction of sp³-hybridized carbons (Fsp3) is 0.562. The molecule has 2 N–H and O–H groups in total. The Morgan fingerprint density at radius 2 is 2.10 bits per heavy atom. The third-order valence-electron chi connectivity index (χ3n) is 4.03. The van der Waals surface area contributed by atoms with Crippen LogP contribution >= 0.6 is 0 Å². The number of ether oxygens (including phenoxy) is 1. The van der Waals surface area contributed by atoms with E-state index in [-0.39, 0.29) is 17.9 Å². The van der Waals surface area contributed by atoms with Crippen LogP contribution in [0.2, 0.25) is 0 Å². The van der Waals surface area contributed by atoms with E-state index in [9.17, 15) is 4.79 Å². The van der Waals surface area contributed by atoms with Crippen molar-refractivity contribution in [1.82, 2.24) is 10.6 Å². The number of rotatable bonds is 6. The smallest absolute Gasteiger partial charge is 0.227 e. The van der Waals surface area contributed by atoms with Gasteiger partial charge < -0.3 is 15.4 Å². The molecule has 3 unspecified atom stereocenters. The largest absolute Gasteiger partial charge is 0.379 e. The summed E-state index contributed by atoms with van der Waals surface area (Å²) in [5.74, 6) is 0.491. The third kappa shape index (κ3) is 3.81. The Bertz CT molecular complexity index is 422. The highest BCUT2D eigenvalue weighted by molar-refractivity contribution is 5.79. The van der Waals surface area contributed by atoms with Gasteiger partial charge in [-0.05, 0) is 24.9 Å². The van der Waals surface area contributed by atoms with Crippen LogP contribution in [0.3, 0.4) is 0 Å². The van der Waals surface area contributed by atoms with Gasteiger partial charge in [0, 0.05) is 12.6 Å². The number of likely N-dealkylation sites (N-methyl/N-ethyl adjacent to an activating group) is 1. The van der Waals surface area contributed by atoms with Crippen molar-refractivity contribution in [3.8, 4) is 0 Å². The molecule has 1 aromatic rings. The molecule has 0 saturated carbocycles. The van der Waals surface area contributed by atoms with Gasteiger partial charge in [0.1, 0.15) is 0 Å². The highest BCUT2D eigenvalue weighted by Crippen LogP contribution is 2.18. The average Bonchev–Trinajstić information content (AvgIpc) is 2.96. The summed E-state index contributed by atoms with van der Waals surface area (Å²) in [5, 5.41) is 6.16. The summed E-state index contributed by atoms with van der Waals surface area (Å²) in [4.78, 5) is 12.1. The predicted octanol–water partition coefficient (Wildman–Crippen LogP) is 1.53. The first-order valence-electron chi connectivity index (χ1n) is 7.30. The zero-order chi connectivity index (χ0) is 14.4. The molecule has 0 aromatic heterocycles. The summed E-state index contributed by atoms with van der Waals surface area (Å²) in [5.41, 5.74) is 1.32. The summed E-state index contributed by atoms with van der Waals surface area (Å²) in [7, 11) is 1.87. The normalized spacial score (nSPS) is 23.5. The standard InChI is InChI=1S/C16H24N2O2/c1-12(13-6-4-3-5-7-13)8-9-18-16(19)14-10-20-11-15(14)17-2/h3-7,12,14-15,17H,8-11H2,1-2H3,(H,18,19). The van der Waals surface area contributed by atoms with Gasteiger partial charge in [0.15, 0.2) is 0 Å². The summed E-state index contributed by atoms with van der Waals surface area (Å²) < 4.78 is 5.36. The molecule has 1 aromatic carbocycles. The average molecular weight is 276 g/mol. The molecule has 1 amide bonds. The van der Waals surface area contributed by atoms with Crippen molar-refractivity contribution in [3.63, 3.8) is 0 Å². The zero-order valence-corrected chi connectivity index (χ0v) is 12.3. The molecule has 1 saturated heterocycles. The van der Waals surface area contributed by atoms with Crippen LogP contribution in [0.25, 0.3) is 0 Å². The first-order valence-corrected chi connectivity index (χ1v) is 7.30. The molecule has 1 fully saturated rings. The van der Waals surface area contributed by atoms with Crippen molar-refractivity contribution in [1.29, 1.82) is 0 Å². The molecule has 0 spiro atoms. The SMILES string of the molecule is CNC1COCC1C(=O)NCCC(C)c1ccccc1. The van der Waals surface area contributed by atoms with Gasteiger partial charge in [0.25, 0.3) is 0 Å². The molecular formula is C16H24N2O2. The number of nitrogens with one attached hydrogen (secondary N) is 2. The number of benzene rings is 1. The van der Waals surface area contributed by atoms with Crippen molar-refractivity contribution in [2.24, 2.45) is 5.92 Å². The maximum atomic E-state index is 12.1. The van der Waals surface area contributed by atoms with Crippen LogP contribution in [-0.4, -0.2) is 38.8 Å². The van der Waals surface area contributed by atoms with Crippen LogP contribution in [0.1, 0.15) is 24.8 Å². The molecule has 2 rings (SSSR count). The van der Waals surface area contributed by atoms with Crippen LogP contribution in [0.4, 0.5) is 0 Å². The lowest BCUT2D eigenvalue weighted by molar-refractivity contribution is -0.125. The van der Waals surface area contributed by atoms with E-state index < -0.39 is 0 Å². The molecule has 1 aliphatic heterocycles. The maximum absolute atomic E-state index is 12.1. The van der Waals surface area contributed by atoms with Gasteiger partial charge in [-0.2, -0.15) is 0 Å². The minimum Gasteiger partial charge on any atom is -0.379 e.